The number of hydrogen-bond donors (Lipinski definition) is 1. The third-order valence-corrected chi connectivity index (χ3v) is 6.16. The highest BCUT2D eigenvalue weighted by Gasteiger charge is 2.27. The fourth-order valence-electron chi connectivity index (χ4n) is 2.92. The van der Waals surface area contributed by atoms with Crippen molar-refractivity contribution >= 4 is 21.6 Å². The van der Waals surface area contributed by atoms with Crippen molar-refractivity contribution < 1.29 is 17.9 Å². The predicted molar refractivity (Wildman–Crippen MR) is 100.0 cm³/mol. The molecule has 1 saturated heterocycles. The topological polar surface area (TPSA) is 75.7 Å². The SMILES string of the molecule is CCOc1ccccc1C(=O)Nc1ccc(S(=O)(=O)N2CCCC2)cc1. The number of ether oxygens (including phenoxy) is 1. The summed E-state index contributed by atoms with van der Waals surface area (Å²) in [5.41, 5.74) is 0.963. The Balaban J connectivity index is 1.74. The second-order valence-electron chi connectivity index (χ2n) is 6.02. The first-order chi connectivity index (χ1) is 12.5. The normalized spacial score (nSPS) is 15.0. The molecule has 0 atom stereocenters. The number of nitrogens with zero attached hydrogens (tertiary/aromatic N) is 1. The zero-order chi connectivity index (χ0) is 18.6. The van der Waals surface area contributed by atoms with Crippen molar-refractivity contribution in [1.82, 2.24) is 4.31 Å². The molecule has 3 rings (SSSR count). The molecule has 0 aromatic heterocycles. The van der Waals surface area contributed by atoms with Gasteiger partial charge in [-0.2, -0.15) is 4.31 Å². The van der Waals surface area contributed by atoms with Crippen LogP contribution in [0.5, 0.6) is 5.75 Å². The highest BCUT2D eigenvalue weighted by molar-refractivity contribution is 7.89. The smallest absolute Gasteiger partial charge is 0.259 e. The van der Waals surface area contributed by atoms with Crippen LogP contribution >= 0.6 is 0 Å². The molecule has 0 radical (unpaired) electrons. The first-order valence-corrected chi connectivity index (χ1v) is 10.1. The minimum Gasteiger partial charge on any atom is -0.493 e. The molecule has 1 heterocycles. The molecule has 0 spiro atoms. The molecular weight excluding hydrogens is 352 g/mol. The Morgan fingerprint density at radius 2 is 1.73 bits per heavy atom. The van der Waals surface area contributed by atoms with E-state index in [0.717, 1.165) is 12.8 Å². The Morgan fingerprint density at radius 1 is 1.08 bits per heavy atom. The Hall–Kier alpha value is -2.38. The number of carbonyl (C=O) groups excluding carboxylic acids is 1. The quantitative estimate of drug-likeness (QED) is 0.843. The van der Waals surface area contributed by atoms with Crippen LogP contribution in [0.1, 0.15) is 30.1 Å². The Bertz CT molecular complexity index is 873. The lowest BCUT2D eigenvalue weighted by atomic mass is 10.2. The van der Waals surface area contributed by atoms with Gasteiger partial charge in [-0.25, -0.2) is 8.42 Å². The second kappa shape index (κ2) is 7.88. The predicted octanol–water partition coefficient (Wildman–Crippen LogP) is 3.12. The van der Waals surface area contributed by atoms with Gasteiger partial charge in [0.2, 0.25) is 10.0 Å². The molecular formula is C19H22N2O4S. The summed E-state index contributed by atoms with van der Waals surface area (Å²) < 4.78 is 32.0. The average molecular weight is 374 g/mol. The molecule has 1 amide bonds. The molecule has 0 bridgehead atoms. The third kappa shape index (κ3) is 3.89. The van der Waals surface area contributed by atoms with Crippen LogP contribution in [-0.2, 0) is 10.0 Å². The molecule has 1 aliphatic rings. The summed E-state index contributed by atoms with van der Waals surface area (Å²) in [4.78, 5) is 12.7. The van der Waals surface area contributed by atoms with Gasteiger partial charge in [-0.15, -0.1) is 0 Å². The number of hydrogen-bond acceptors (Lipinski definition) is 4. The fraction of sp³-hybridized carbons (Fsp3) is 0.316. The largest absolute Gasteiger partial charge is 0.493 e. The van der Waals surface area contributed by atoms with Gasteiger partial charge in [0, 0.05) is 18.8 Å². The minimum atomic E-state index is -3.45. The van der Waals surface area contributed by atoms with E-state index in [0.29, 0.717) is 36.7 Å². The Labute approximate surface area is 153 Å². The van der Waals surface area contributed by atoms with E-state index in [9.17, 15) is 13.2 Å². The van der Waals surface area contributed by atoms with Crippen LogP contribution in [0.3, 0.4) is 0 Å². The summed E-state index contributed by atoms with van der Waals surface area (Å²) in [5.74, 6) is 0.213. The molecule has 0 saturated carbocycles. The number of benzene rings is 2. The number of rotatable bonds is 6. The van der Waals surface area contributed by atoms with Crippen molar-refractivity contribution in [2.45, 2.75) is 24.7 Å². The molecule has 1 N–H and O–H groups in total. The number of amides is 1. The van der Waals surface area contributed by atoms with Crippen molar-refractivity contribution in [2.75, 3.05) is 25.0 Å². The van der Waals surface area contributed by atoms with E-state index in [1.807, 2.05) is 6.92 Å². The number of para-hydroxylation sites is 1. The Morgan fingerprint density at radius 3 is 2.38 bits per heavy atom. The molecule has 1 fully saturated rings. The maximum atomic E-state index is 12.5. The van der Waals surface area contributed by atoms with Gasteiger partial charge in [-0.1, -0.05) is 12.1 Å². The highest BCUT2D eigenvalue weighted by Crippen LogP contribution is 2.23. The standard InChI is InChI=1S/C19H22N2O4S/c1-2-25-18-8-4-3-7-17(18)19(22)20-15-9-11-16(12-10-15)26(23,24)21-13-5-6-14-21/h3-4,7-12H,2,5-6,13-14H2,1H3,(H,20,22). The minimum absolute atomic E-state index is 0.243. The van der Waals surface area contributed by atoms with Gasteiger partial charge in [0.25, 0.3) is 5.91 Å². The monoisotopic (exact) mass is 374 g/mol. The van der Waals surface area contributed by atoms with Gasteiger partial charge in [0.05, 0.1) is 17.1 Å². The van der Waals surface area contributed by atoms with Gasteiger partial charge < -0.3 is 10.1 Å². The van der Waals surface area contributed by atoms with Crippen LogP contribution in [0.4, 0.5) is 5.69 Å². The van der Waals surface area contributed by atoms with Gasteiger partial charge in [0.1, 0.15) is 5.75 Å². The van der Waals surface area contributed by atoms with Crippen molar-refractivity contribution in [2.24, 2.45) is 0 Å². The molecule has 7 heteroatoms. The third-order valence-electron chi connectivity index (χ3n) is 4.25. The summed E-state index contributed by atoms with van der Waals surface area (Å²) in [6.07, 6.45) is 1.79. The molecule has 2 aromatic rings. The lowest BCUT2D eigenvalue weighted by molar-refractivity contribution is 0.102. The summed E-state index contributed by atoms with van der Waals surface area (Å²) in [5, 5.41) is 2.78. The highest BCUT2D eigenvalue weighted by atomic mass is 32.2. The second-order valence-corrected chi connectivity index (χ2v) is 7.96. The van der Waals surface area contributed by atoms with Crippen molar-refractivity contribution in [3.8, 4) is 5.75 Å². The summed E-state index contributed by atoms with van der Waals surface area (Å²) in [6.45, 7) is 3.45. The summed E-state index contributed by atoms with van der Waals surface area (Å²) >= 11 is 0. The number of nitrogens with one attached hydrogen (secondary N) is 1. The van der Waals surface area contributed by atoms with Gasteiger partial charge in [-0.3, -0.25) is 4.79 Å². The van der Waals surface area contributed by atoms with E-state index in [2.05, 4.69) is 5.32 Å². The molecule has 0 unspecified atom stereocenters. The number of sulfonamides is 1. The first-order valence-electron chi connectivity index (χ1n) is 8.66. The maximum Gasteiger partial charge on any atom is 0.259 e. The van der Waals surface area contributed by atoms with Crippen LogP contribution in [0.25, 0.3) is 0 Å². The van der Waals surface area contributed by atoms with Crippen molar-refractivity contribution in [3.05, 3.63) is 54.1 Å². The van der Waals surface area contributed by atoms with E-state index in [-0.39, 0.29) is 10.8 Å². The zero-order valence-corrected chi connectivity index (χ0v) is 15.5. The van der Waals surface area contributed by atoms with E-state index >= 15 is 0 Å². The van der Waals surface area contributed by atoms with Gasteiger partial charge >= 0.3 is 0 Å². The Kier molecular flexibility index (Phi) is 5.58. The fourth-order valence-corrected chi connectivity index (χ4v) is 4.44. The van der Waals surface area contributed by atoms with Crippen molar-refractivity contribution in [1.29, 1.82) is 0 Å². The van der Waals surface area contributed by atoms with Gasteiger partial charge in [0.15, 0.2) is 0 Å². The molecule has 6 nitrogen and oxygen atoms in total. The lowest BCUT2D eigenvalue weighted by Gasteiger charge is -2.16. The molecule has 1 aliphatic heterocycles. The lowest BCUT2D eigenvalue weighted by Crippen LogP contribution is -2.27. The summed E-state index contributed by atoms with van der Waals surface area (Å²) in [7, 11) is -3.45. The molecule has 26 heavy (non-hydrogen) atoms. The zero-order valence-electron chi connectivity index (χ0n) is 14.6. The van der Waals surface area contributed by atoms with Crippen LogP contribution in [0, 0.1) is 0 Å². The number of carbonyl (C=O) groups is 1. The van der Waals surface area contributed by atoms with E-state index in [1.54, 1.807) is 36.4 Å². The van der Waals surface area contributed by atoms with E-state index < -0.39 is 10.0 Å². The van der Waals surface area contributed by atoms with Crippen LogP contribution in [0.15, 0.2) is 53.4 Å². The summed E-state index contributed by atoms with van der Waals surface area (Å²) in [6, 6.07) is 13.3. The molecule has 0 aliphatic carbocycles. The molecule has 138 valence electrons. The van der Waals surface area contributed by atoms with Crippen LogP contribution in [-0.4, -0.2) is 38.3 Å². The van der Waals surface area contributed by atoms with E-state index in [1.165, 1.54) is 16.4 Å². The van der Waals surface area contributed by atoms with E-state index in [4.69, 9.17) is 4.74 Å². The van der Waals surface area contributed by atoms with Crippen LogP contribution < -0.4 is 10.1 Å². The van der Waals surface area contributed by atoms with Crippen molar-refractivity contribution in [3.63, 3.8) is 0 Å². The number of anilines is 1. The maximum absolute atomic E-state index is 12.5. The first kappa shape index (κ1) is 18.4. The van der Waals surface area contributed by atoms with Gasteiger partial charge in [-0.05, 0) is 56.2 Å². The average Bonchev–Trinajstić information content (AvgIpc) is 3.18. The molecule has 2 aromatic carbocycles. The van der Waals surface area contributed by atoms with Crippen LogP contribution in [0.2, 0.25) is 0 Å².